The van der Waals surface area contributed by atoms with Crippen molar-refractivity contribution in [3.05, 3.63) is 35.4 Å². The predicted molar refractivity (Wildman–Crippen MR) is 48.7 cm³/mol. The van der Waals surface area contributed by atoms with Crippen LogP contribution in [0, 0.1) is 5.92 Å². The molecule has 0 saturated heterocycles. The zero-order valence-corrected chi connectivity index (χ0v) is 7.24. The lowest BCUT2D eigenvalue weighted by Gasteiger charge is -2.01. The van der Waals surface area contributed by atoms with Gasteiger partial charge in [0.15, 0.2) is 0 Å². The first-order valence-electron chi connectivity index (χ1n) is 4.47. The van der Waals surface area contributed by atoms with Crippen LogP contribution in [-0.4, -0.2) is 13.0 Å². The van der Waals surface area contributed by atoms with Crippen LogP contribution in [0.1, 0.15) is 28.3 Å². The Labute approximate surface area is 76.6 Å². The molecule has 13 heavy (non-hydrogen) atoms. The van der Waals surface area contributed by atoms with E-state index in [4.69, 9.17) is 0 Å². The van der Waals surface area contributed by atoms with Crippen LogP contribution >= 0.6 is 0 Å². The predicted octanol–water partition coefficient (Wildman–Crippen LogP) is 2.57. The van der Waals surface area contributed by atoms with Gasteiger partial charge in [-0.3, -0.25) is 9.18 Å². The van der Waals surface area contributed by atoms with Crippen molar-refractivity contribution in [2.75, 3.05) is 6.67 Å². The van der Waals surface area contributed by atoms with Crippen LogP contribution in [-0.2, 0) is 0 Å². The van der Waals surface area contributed by atoms with E-state index in [1.807, 2.05) is 18.2 Å². The molecule has 2 unspecified atom stereocenters. The summed E-state index contributed by atoms with van der Waals surface area (Å²) in [4.78, 5) is 10.7. The molecule has 0 amide bonds. The molecule has 0 radical (unpaired) electrons. The van der Waals surface area contributed by atoms with Crippen molar-refractivity contribution < 1.29 is 9.18 Å². The average molecular weight is 178 g/mol. The molecule has 1 nitrogen and oxygen atoms in total. The maximum absolute atomic E-state index is 12.3. The number of hydrogen-bond donors (Lipinski definition) is 0. The van der Waals surface area contributed by atoms with Gasteiger partial charge < -0.3 is 0 Å². The number of aldehydes is 1. The Morgan fingerprint density at radius 1 is 1.46 bits per heavy atom. The van der Waals surface area contributed by atoms with E-state index >= 15 is 0 Å². The van der Waals surface area contributed by atoms with Crippen LogP contribution in [0.25, 0.3) is 0 Å². The zero-order valence-electron chi connectivity index (χ0n) is 7.24. The van der Waals surface area contributed by atoms with Crippen molar-refractivity contribution in [2.24, 2.45) is 5.92 Å². The molecule has 0 spiro atoms. The molecular formula is C11H11FO. The Balaban J connectivity index is 2.25. The molecule has 2 atom stereocenters. The van der Waals surface area contributed by atoms with Crippen LogP contribution in [0.2, 0.25) is 0 Å². The van der Waals surface area contributed by atoms with E-state index in [-0.39, 0.29) is 18.5 Å². The van der Waals surface area contributed by atoms with E-state index < -0.39 is 0 Å². The Bertz CT molecular complexity index is 322. The van der Waals surface area contributed by atoms with Gasteiger partial charge in [0.05, 0.1) is 6.67 Å². The van der Waals surface area contributed by atoms with Crippen LogP contribution in [0.3, 0.4) is 0 Å². The van der Waals surface area contributed by atoms with Crippen molar-refractivity contribution in [1.29, 1.82) is 0 Å². The van der Waals surface area contributed by atoms with Gasteiger partial charge in [0, 0.05) is 5.56 Å². The first kappa shape index (κ1) is 8.42. The number of carbonyl (C=O) groups is 1. The van der Waals surface area contributed by atoms with Crippen LogP contribution in [0.5, 0.6) is 0 Å². The normalized spacial score (nSPS) is 25.6. The first-order chi connectivity index (χ1) is 6.36. The Kier molecular flexibility index (Phi) is 2.13. The summed E-state index contributed by atoms with van der Waals surface area (Å²) in [6, 6.07) is 7.44. The third-order valence-corrected chi connectivity index (χ3v) is 2.64. The fourth-order valence-corrected chi connectivity index (χ4v) is 1.75. The molecule has 0 bridgehead atoms. The molecule has 1 aliphatic carbocycles. The highest BCUT2D eigenvalue weighted by atomic mass is 19.1. The molecule has 1 aromatic rings. The lowest BCUT2D eigenvalue weighted by Crippen LogP contribution is -1.91. The van der Waals surface area contributed by atoms with Gasteiger partial charge in [0.25, 0.3) is 0 Å². The third-order valence-electron chi connectivity index (χ3n) is 2.64. The topological polar surface area (TPSA) is 17.1 Å². The first-order valence-corrected chi connectivity index (χ1v) is 4.47. The van der Waals surface area contributed by atoms with Gasteiger partial charge in [0.1, 0.15) is 6.29 Å². The highest BCUT2D eigenvalue weighted by Gasteiger charge is 2.39. The zero-order chi connectivity index (χ0) is 9.26. The molecule has 2 heteroatoms. The minimum Gasteiger partial charge on any atom is -0.298 e. The van der Waals surface area contributed by atoms with Crippen LogP contribution < -0.4 is 0 Å². The lowest BCUT2D eigenvalue weighted by molar-refractivity contribution is 0.112. The number of benzene rings is 1. The van der Waals surface area contributed by atoms with E-state index in [1.54, 1.807) is 6.07 Å². The maximum atomic E-state index is 12.3. The molecule has 1 aliphatic rings. The van der Waals surface area contributed by atoms with Crippen molar-refractivity contribution >= 4 is 6.29 Å². The fourth-order valence-electron chi connectivity index (χ4n) is 1.75. The Morgan fingerprint density at radius 3 is 2.85 bits per heavy atom. The highest BCUT2D eigenvalue weighted by molar-refractivity contribution is 5.77. The molecule has 0 aliphatic heterocycles. The Hall–Kier alpha value is -1.18. The minimum absolute atomic E-state index is 0.154. The summed E-state index contributed by atoms with van der Waals surface area (Å²) in [7, 11) is 0. The molecule has 1 aromatic carbocycles. The molecule has 68 valence electrons. The molecular weight excluding hydrogens is 167 g/mol. The van der Waals surface area contributed by atoms with Crippen LogP contribution in [0.15, 0.2) is 24.3 Å². The summed E-state index contributed by atoms with van der Waals surface area (Å²) in [6.07, 6.45) is 1.74. The van der Waals surface area contributed by atoms with Crippen molar-refractivity contribution in [2.45, 2.75) is 12.3 Å². The summed E-state index contributed by atoms with van der Waals surface area (Å²) in [5.74, 6) is 0.437. The number of halogens is 1. The van der Waals surface area contributed by atoms with Crippen molar-refractivity contribution in [3.8, 4) is 0 Å². The number of rotatable bonds is 3. The van der Waals surface area contributed by atoms with Gasteiger partial charge in [0.2, 0.25) is 0 Å². The number of carbonyl (C=O) groups excluding carboxylic acids is 1. The van der Waals surface area contributed by atoms with Gasteiger partial charge >= 0.3 is 0 Å². The monoisotopic (exact) mass is 178 g/mol. The molecule has 1 saturated carbocycles. The second-order valence-electron chi connectivity index (χ2n) is 3.50. The minimum atomic E-state index is -0.266. The summed E-state index contributed by atoms with van der Waals surface area (Å²) in [5, 5.41) is 0. The summed E-state index contributed by atoms with van der Waals surface area (Å²) < 4.78 is 12.3. The molecule has 1 fully saturated rings. The van der Waals surface area contributed by atoms with Crippen molar-refractivity contribution in [1.82, 2.24) is 0 Å². The quantitative estimate of drug-likeness (QED) is 0.650. The molecule has 0 aromatic heterocycles. The van der Waals surface area contributed by atoms with Gasteiger partial charge in [-0.25, -0.2) is 0 Å². The van der Waals surface area contributed by atoms with Gasteiger partial charge in [-0.15, -0.1) is 0 Å². The van der Waals surface area contributed by atoms with Crippen LogP contribution in [0.4, 0.5) is 4.39 Å². The summed E-state index contributed by atoms with van der Waals surface area (Å²) in [5.41, 5.74) is 1.73. The lowest BCUT2D eigenvalue weighted by atomic mass is 10.0. The number of hydrogen-bond acceptors (Lipinski definition) is 1. The summed E-state index contributed by atoms with van der Waals surface area (Å²) >= 11 is 0. The fraction of sp³-hybridized carbons (Fsp3) is 0.364. The highest BCUT2D eigenvalue weighted by Crippen LogP contribution is 2.48. The van der Waals surface area contributed by atoms with E-state index in [0.717, 1.165) is 18.3 Å². The largest absolute Gasteiger partial charge is 0.298 e. The molecule has 0 heterocycles. The second kappa shape index (κ2) is 3.29. The van der Waals surface area contributed by atoms with E-state index in [2.05, 4.69) is 0 Å². The maximum Gasteiger partial charge on any atom is 0.150 e. The number of alkyl halides is 1. The SMILES string of the molecule is O=Cc1ccccc1C1CC1CF. The average Bonchev–Trinajstić information content (AvgIpc) is 2.96. The van der Waals surface area contributed by atoms with Gasteiger partial charge in [-0.05, 0) is 23.8 Å². The third kappa shape index (κ3) is 1.48. The second-order valence-corrected chi connectivity index (χ2v) is 3.50. The van der Waals surface area contributed by atoms with Gasteiger partial charge in [-0.2, -0.15) is 0 Å². The van der Waals surface area contributed by atoms with Gasteiger partial charge in [-0.1, -0.05) is 24.3 Å². The van der Waals surface area contributed by atoms with E-state index in [0.29, 0.717) is 5.56 Å². The molecule has 0 N–H and O–H groups in total. The standard InChI is InChI=1S/C11H11FO/c12-6-9-5-11(9)10-4-2-1-3-8(10)7-13/h1-4,7,9,11H,5-6H2. The smallest absolute Gasteiger partial charge is 0.150 e. The van der Waals surface area contributed by atoms with E-state index in [1.165, 1.54) is 0 Å². The molecule has 2 rings (SSSR count). The Morgan fingerprint density at radius 2 is 2.23 bits per heavy atom. The van der Waals surface area contributed by atoms with E-state index in [9.17, 15) is 9.18 Å². The van der Waals surface area contributed by atoms with Crippen molar-refractivity contribution in [3.63, 3.8) is 0 Å². The summed E-state index contributed by atoms with van der Waals surface area (Å²) in [6.45, 7) is -0.266.